The Balaban J connectivity index is 2.41. The monoisotopic (exact) mass is 312 g/mol. The summed E-state index contributed by atoms with van der Waals surface area (Å²) in [5.74, 6) is 0. The van der Waals surface area contributed by atoms with E-state index in [4.69, 9.17) is 0 Å². The summed E-state index contributed by atoms with van der Waals surface area (Å²) in [5, 5.41) is 2.94. The number of hydrogen-bond acceptors (Lipinski definition) is 5. The average Bonchev–Trinajstić information content (AvgIpc) is 2.68. The third-order valence-electron chi connectivity index (χ3n) is 3.96. The van der Waals surface area contributed by atoms with E-state index in [0.717, 1.165) is 25.9 Å². The highest BCUT2D eigenvalue weighted by Crippen LogP contribution is 2.27. The minimum atomic E-state index is -3.53. The van der Waals surface area contributed by atoms with E-state index in [0.29, 0.717) is 12.2 Å². The molecule has 1 aromatic heterocycles. The number of aromatic nitrogens is 1. The van der Waals surface area contributed by atoms with E-state index < -0.39 is 10.0 Å². The van der Waals surface area contributed by atoms with E-state index in [-0.39, 0.29) is 10.9 Å². The van der Waals surface area contributed by atoms with Gasteiger partial charge in [0.25, 0.3) is 0 Å². The smallest absolute Gasteiger partial charge is 0.246 e. The first-order valence-electron chi connectivity index (χ1n) is 7.32. The summed E-state index contributed by atoms with van der Waals surface area (Å²) >= 11 is 0. The molecule has 1 atom stereocenters. The fourth-order valence-corrected chi connectivity index (χ4v) is 4.66. The van der Waals surface area contributed by atoms with Crippen LogP contribution in [0.4, 0.5) is 5.69 Å². The van der Waals surface area contributed by atoms with E-state index in [1.54, 1.807) is 23.6 Å². The second-order valence-electron chi connectivity index (χ2n) is 5.42. The zero-order chi connectivity index (χ0) is 15.5. The molecule has 0 saturated carbocycles. The van der Waals surface area contributed by atoms with Crippen molar-refractivity contribution in [1.29, 1.82) is 0 Å². The number of nitrogens with one attached hydrogen (secondary N) is 1. The molecule has 1 unspecified atom stereocenters. The molecule has 2 heterocycles. The van der Waals surface area contributed by atoms with Crippen LogP contribution in [0.5, 0.6) is 0 Å². The Labute approximate surface area is 127 Å². The highest BCUT2D eigenvalue weighted by atomic mass is 32.2. The molecule has 7 heteroatoms. The van der Waals surface area contributed by atoms with Crippen LogP contribution in [0.15, 0.2) is 23.4 Å². The molecule has 6 nitrogen and oxygen atoms in total. The molecule has 1 aliphatic heterocycles. The van der Waals surface area contributed by atoms with Crippen molar-refractivity contribution in [3.63, 3.8) is 0 Å². The van der Waals surface area contributed by atoms with Gasteiger partial charge in [-0.3, -0.25) is 4.98 Å². The molecule has 21 heavy (non-hydrogen) atoms. The van der Waals surface area contributed by atoms with E-state index >= 15 is 0 Å². The van der Waals surface area contributed by atoms with Crippen LogP contribution in [0.2, 0.25) is 0 Å². The van der Waals surface area contributed by atoms with Gasteiger partial charge in [0.2, 0.25) is 10.0 Å². The number of anilines is 1. The molecular formula is C14H24N4O2S. The van der Waals surface area contributed by atoms with Crippen molar-refractivity contribution in [2.75, 3.05) is 39.0 Å². The standard InChI is InChI=1S/C14H24N4O2S/c1-4-12-11-17(3)8-5-9-18(12)21(19,20)14-10-16-7-6-13(14)15-2/h6-7,10,12H,4-5,8-9,11H2,1-3H3,(H,15,16). The molecule has 0 radical (unpaired) electrons. The van der Waals surface area contributed by atoms with E-state index in [1.807, 2.05) is 14.0 Å². The number of sulfonamides is 1. The molecule has 118 valence electrons. The van der Waals surface area contributed by atoms with Crippen LogP contribution in [0, 0.1) is 0 Å². The Morgan fingerprint density at radius 2 is 2.19 bits per heavy atom. The van der Waals surface area contributed by atoms with Crippen LogP contribution >= 0.6 is 0 Å². The molecule has 1 fully saturated rings. The summed E-state index contributed by atoms with van der Waals surface area (Å²) in [7, 11) is 0.236. The molecule has 0 bridgehead atoms. The van der Waals surface area contributed by atoms with E-state index in [2.05, 4.69) is 15.2 Å². The maximum absolute atomic E-state index is 13.0. The quantitative estimate of drug-likeness (QED) is 0.906. The lowest BCUT2D eigenvalue weighted by molar-refractivity contribution is 0.270. The molecule has 1 aliphatic rings. The van der Waals surface area contributed by atoms with Gasteiger partial charge in [0.1, 0.15) is 4.90 Å². The Morgan fingerprint density at radius 1 is 1.43 bits per heavy atom. The van der Waals surface area contributed by atoms with Crippen molar-refractivity contribution in [2.24, 2.45) is 0 Å². The number of nitrogens with zero attached hydrogens (tertiary/aromatic N) is 3. The number of pyridine rings is 1. The van der Waals surface area contributed by atoms with Gasteiger partial charge in [-0.1, -0.05) is 6.92 Å². The predicted octanol–water partition coefficient (Wildman–Crippen LogP) is 1.23. The molecule has 0 amide bonds. The third kappa shape index (κ3) is 3.36. The molecule has 1 N–H and O–H groups in total. The van der Waals surface area contributed by atoms with Crippen molar-refractivity contribution < 1.29 is 8.42 Å². The van der Waals surface area contributed by atoms with Crippen LogP contribution in [-0.2, 0) is 10.0 Å². The first-order valence-corrected chi connectivity index (χ1v) is 8.76. The lowest BCUT2D eigenvalue weighted by Gasteiger charge is -2.29. The van der Waals surface area contributed by atoms with Gasteiger partial charge in [-0.2, -0.15) is 4.31 Å². The Bertz CT molecular complexity index is 576. The zero-order valence-electron chi connectivity index (χ0n) is 12.9. The van der Waals surface area contributed by atoms with Crippen LogP contribution in [0.25, 0.3) is 0 Å². The number of likely N-dealkylation sites (N-methyl/N-ethyl adjacent to an activating group) is 1. The van der Waals surface area contributed by atoms with Crippen LogP contribution in [0.3, 0.4) is 0 Å². The molecular weight excluding hydrogens is 288 g/mol. The van der Waals surface area contributed by atoms with Gasteiger partial charge >= 0.3 is 0 Å². The van der Waals surface area contributed by atoms with Crippen LogP contribution in [-0.4, -0.2) is 62.4 Å². The minimum absolute atomic E-state index is 0.00686. The minimum Gasteiger partial charge on any atom is -0.387 e. The van der Waals surface area contributed by atoms with Crippen LogP contribution in [0.1, 0.15) is 19.8 Å². The topological polar surface area (TPSA) is 65.5 Å². The summed E-state index contributed by atoms with van der Waals surface area (Å²) in [6.45, 7) is 4.29. The van der Waals surface area contributed by atoms with E-state index in [9.17, 15) is 8.42 Å². The van der Waals surface area contributed by atoms with Gasteiger partial charge < -0.3 is 10.2 Å². The SMILES string of the molecule is CCC1CN(C)CCCN1S(=O)(=O)c1cnccc1NC. The van der Waals surface area contributed by atoms with Crippen LogP contribution < -0.4 is 5.32 Å². The Kier molecular flexibility index (Phi) is 5.18. The van der Waals surface area contributed by atoms with E-state index in [1.165, 1.54) is 6.20 Å². The lowest BCUT2D eigenvalue weighted by Crippen LogP contribution is -2.43. The molecule has 2 rings (SSSR count). The summed E-state index contributed by atoms with van der Waals surface area (Å²) in [4.78, 5) is 6.45. The summed E-state index contributed by atoms with van der Waals surface area (Å²) < 4.78 is 27.7. The summed E-state index contributed by atoms with van der Waals surface area (Å²) in [6, 6.07) is 1.70. The van der Waals surface area contributed by atoms with Gasteiger partial charge in [-0.25, -0.2) is 8.42 Å². The second-order valence-corrected chi connectivity index (χ2v) is 7.27. The fraction of sp³-hybridized carbons (Fsp3) is 0.643. The number of rotatable bonds is 4. The molecule has 1 aromatic rings. The van der Waals surface area contributed by atoms with Crippen molar-refractivity contribution in [3.8, 4) is 0 Å². The number of hydrogen-bond donors (Lipinski definition) is 1. The third-order valence-corrected chi connectivity index (χ3v) is 5.94. The fourth-order valence-electron chi connectivity index (χ4n) is 2.79. The molecule has 0 aliphatic carbocycles. The highest BCUT2D eigenvalue weighted by Gasteiger charge is 2.34. The van der Waals surface area contributed by atoms with Gasteiger partial charge in [-0.05, 0) is 32.5 Å². The second kappa shape index (κ2) is 6.72. The lowest BCUT2D eigenvalue weighted by atomic mass is 10.2. The maximum Gasteiger partial charge on any atom is 0.246 e. The van der Waals surface area contributed by atoms with Crippen molar-refractivity contribution in [3.05, 3.63) is 18.5 Å². The predicted molar refractivity (Wildman–Crippen MR) is 83.9 cm³/mol. The van der Waals surface area contributed by atoms with Gasteiger partial charge in [0.15, 0.2) is 0 Å². The largest absolute Gasteiger partial charge is 0.387 e. The summed E-state index contributed by atoms with van der Waals surface area (Å²) in [6.07, 6.45) is 4.68. The van der Waals surface area contributed by atoms with Gasteiger partial charge in [0.05, 0.1) is 5.69 Å². The summed E-state index contributed by atoms with van der Waals surface area (Å²) in [5.41, 5.74) is 0.595. The van der Waals surface area contributed by atoms with Crippen molar-refractivity contribution >= 4 is 15.7 Å². The molecule has 0 aromatic carbocycles. The Hall–Kier alpha value is -1.18. The highest BCUT2D eigenvalue weighted by molar-refractivity contribution is 7.89. The Morgan fingerprint density at radius 3 is 2.86 bits per heavy atom. The molecule has 1 saturated heterocycles. The zero-order valence-corrected chi connectivity index (χ0v) is 13.7. The van der Waals surface area contributed by atoms with Gasteiger partial charge in [0, 0.05) is 38.6 Å². The average molecular weight is 312 g/mol. The molecule has 0 spiro atoms. The normalized spacial score (nSPS) is 22.0. The first kappa shape index (κ1) is 16.2. The van der Waals surface area contributed by atoms with Gasteiger partial charge in [-0.15, -0.1) is 0 Å². The van der Waals surface area contributed by atoms with Crippen molar-refractivity contribution in [1.82, 2.24) is 14.2 Å². The maximum atomic E-state index is 13.0. The first-order chi connectivity index (χ1) is 10.0. The van der Waals surface area contributed by atoms with Crippen molar-refractivity contribution in [2.45, 2.75) is 30.7 Å².